The quantitative estimate of drug-likeness (QED) is 0.106. The summed E-state index contributed by atoms with van der Waals surface area (Å²) in [6, 6.07) is 2.19. The molecule has 6 nitrogen and oxygen atoms in total. The zero-order valence-electron chi connectivity index (χ0n) is 21.3. The molecule has 0 saturated carbocycles. The van der Waals surface area contributed by atoms with Crippen LogP contribution in [0.4, 0.5) is 0 Å². The van der Waals surface area contributed by atoms with Gasteiger partial charge in [-0.3, -0.25) is 9.59 Å². The Morgan fingerprint density at radius 3 is 2.12 bits per heavy atom. The molecule has 0 aromatic carbocycles. The van der Waals surface area contributed by atoms with Crippen molar-refractivity contribution in [2.24, 2.45) is 0 Å². The van der Waals surface area contributed by atoms with Crippen molar-refractivity contribution in [3.8, 4) is 0 Å². The summed E-state index contributed by atoms with van der Waals surface area (Å²) in [7, 11) is -2.19. The van der Waals surface area contributed by atoms with Crippen LogP contribution < -0.4 is 0 Å². The average Bonchev–Trinajstić information content (AvgIpc) is 3.01. The standard InChI is InChI=1S/C24H46O6Si2/c1-31(2,3)15-13-27-19-29-22-17-21(23(25)18-22)11-9-7-8-10-12-24(26)30-20-28-14-16-32(4,5)6/h17,22H,7-16,18-20H2,1-6H3/t22-/m0/s1. The Hall–Kier alpha value is -0.806. The number of unbranched alkanes of at least 4 members (excludes halogenated alkanes) is 3. The van der Waals surface area contributed by atoms with Gasteiger partial charge < -0.3 is 18.9 Å². The molecule has 0 aliphatic heterocycles. The highest BCUT2D eigenvalue weighted by Gasteiger charge is 2.24. The van der Waals surface area contributed by atoms with E-state index in [-0.39, 0.29) is 31.4 Å². The van der Waals surface area contributed by atoms with E-state index >= 15 is 0 Å². The maximum Gasteiger partial charge on any atom is 0.307 e. The van der Waals surface area contributed by atoms with Gasteiger partial charge in [0.25, 0.3) is 0 Å². The number of ketones is 1. The average molecular weight is 487 g/mol. The van der Waals surface area contributed by atoms with Gasteiger partial charge in [0.15, 0.2) is 12.6 Å². The van der Waals surface area contributed by atoms with E-state index in [0.717, 1.165) is 56.4 Å². The van der Waals surface area contributed by atoms with Gasteiger partial charge in [0.2, 0.25) is 0 Å². The molecule has 0 heterocycles. The molecule has 0 amide bonds. The Bertz CT molecular complexity index is 592. The van der Waals surface area contributed by atoms with Crippen LogP contribution in [0.15, 0.2) is 11.6 Å². The summed E-state index contributed by atoms with van der Waals surface area (Å²) in [5.41, 5.74) is 0.881. The third-order valence-electron chi connectivity index (χ3n) is 5.37. The maximum atomic E-state index is 12.2. The molecule has 32 heavy (non-hydrogen) atoms. The van der Waals surface area contributed by atoms with Gasteiger partial charge in [-0.15, -0.1) is 0 Å². The van der Waals surface area contributed by atoms with Crippen molar-refractivity contribution in [2.75, 3.05) is 26.8 Å². The second kappa shape index (κ2) is 15.2. The van der Waals surface area contributed by atoms with Crippen LogP contribution in [0.1, 0.15) is 44.9 Å². The topological polar surface area (TPSA) is 71.1 Å². The largest absolute Gasteiger partial charge is 0.438 e. The van der Waals surface area contributed by atoms with Crippen molar-refractivity contribution in [1.82, 2.24) is 0 Å². The van der Waals surface area contributed by atoms with Crippen LogP contribution >= 0.6 is 0 Å². The molecule has 0 radical (unpaired) electrons. The third-order valence-corrected chi connectivity index (χ3v) is 8.78. The number of esters is 1. The number of carbonyl (C=O) groups excluding carboxylic acids is 2. The molecule has 0 saturated heterocycles. The van der Waals surface area contributed by atoms with Gasteiger partial charge in [-0.05, 0) is 43.0 Å². The van der Waals surface area contributed by atoms with Gasteiger partial charge in [-0.25, -0.2) is 0 Å². The zero-order valence-corrected chi connectivity index (χ0v) is 23.3. The molecule has 1 rings (SSSR count). The predicted octanol–water partition coefficient (Wildman–Crippen LogP) is 5.78. The van der Waals surface area contributed by atoms with Crippen molar-refractivity contribution in [1.29, 1.82) is 0 Å². The highest BCUT2D eigenvalue weighted by atomic mass is 28.3. The summed E-state index contributed by atoms with van der Waals surface area (Å²) in [5.74, 6) is -0.00598. The number of Topliss-reactive ketones (excluding diaryl/α,β-unsaturated/α-hetero) is 1. The SMILES string of the molecule is C[Si](C)(C)CCOCOC(=O)CCCCCCC1=C[C@H](OCOCC[Si](C)(C)C)CC1=O. The van der Waals surface area contributed by atoms with Crippen molar-refractivity contribution < 1.29 is 28.5 Å². The van der Waals surface area contributed by atoms with Crippen LogP contribution in [0.25, 0.3) is 0 Å². The molecular weight excluding hydrogens is 440 g/mol. The second-order valence-electron chi connectivity index (χ2n) is 11.1. The molecule has 0 spiro atoms. The fraction of sp³-hybridized carbons (Fsp3) is 0.833. The molecule has 0 unspecified atom stereocenters. The number of ether oxygens (including phenoxy) is 4. The Morgan fingerprint density at radius 1 is 0.906 bits per heavy atom. The minimum Gasteiger partial charge on any atom is -0.438 e. The van der Waals surface area contributed by atoms with Gasteiger partial charge >= 0.3 is 5.97 Å². The zero-order chi connectivity index (χ0) is 24.0. The van der Waals surface area contributed by atoms with E-state index in [2.05, 4.69) is 39.3 Å². The molecule has 1 aliphatic carbocycles. The first-order chi connectivity index (χ1) is 15.0. The molecule has 1 aliphatic rings. The summed E-state index contributed by atoms with van der Waals surface area (Å²) in [4.78, 5) is 23.9. The molecule has 0 aromatic rings. The first kappa shape index (κ1) is 29.2. The number of hydrogen-bond acceptors (Lipinski definition) is 6. The maximum absolute atomic E-state index is 12.2. The van der Waals surface area contributed by atoms with E-state index in [4.69, 9.17) is 18.9 Å². The summed E-state index contributed by atoms with van der Waals surface area (Å²) >= 11 is 0. The Morgan fingerprint density at radius 2 is 1.50 bits per heavy atom. The van der Waals surface area contributed by atoms with E-state index < -0.39 is 16.1 Å². The van der Waals surface area contributed by atoms with Crippen LogP contribution in [0.2, 0.25) is 51.4 Å². The third kappa shape index (κ3) is 15.9. The fourth-order valence-electron chi connectivity index (χ4n) is 3.15. The molecular formula is C24H46O6Si2. The van der Waals surface area contributed by atoms with E-state index in [9.17, 15) is 9.59 Å². The number of carbonyl (C=O) groups is 2. The lowest BCUT2D eigenvalue weighted by atomic mass is 10.0. The smallest absolute Gasteiger partial charge is 0.307 e. The van der Waals surface area contributed by atoms with Gasteiger partial charge in [0, 0.05) is 42.2 Å². The Balaban J connectivity index is 2.03. The van der Waals surface area contributed by atoms with Gasteiger partial charge in [0.05, 0.1) is 6.10 Å². The molecule has 1 atom stereocenters. The van der Waals surface area contributed by atoms with Crippen molar-refractivity contribution in [2.45, 2.75) is 102 Å². The molecule has 0 fully saturated rings. The lowest BCUT2D eigenvalue weighted by Gasteiger charge is -2.16. The lowest BCUT2D eigenvalue weighted by Crippen LogP contribution is -2.22. The van der Waals surface area contributed by atoms with E-state index in [1.165, 1.54) is 0 Å². The minimum atomic E-state index is -1.10. The van der Waals surface area contributed by atoms with E-state index in [1.807, 2.05) is 6.08 Å². The van der Waals surface area contributed by atoms with Gasteiger partial charge in [0.1, 0.15) is 6.79 Å². The van der Waals surface area contributed by atoms with Crippen molar-refractivity contribution >= 4 is 27.9 Å². The van der Waals surface area contributed by atoms with Crippen molar-refractivity contribution in [3.63, 3.8) is 0 Å². The van der Waals surface area contributed by atoms with Crippen LogP contribution in [0.3, 0.4) is 0 Å². The highest BCUT2D eigenvalue weighted by Crippen LogP contribution is 2.23. The number of allylic oxidation sites excluding steroid dienone is 1. The Labute approximate surface area is 197 Å². The van der Waals surface area contributed by atoms with Gasteiger partial charge in [-0.1, -0.05) is 52.1 Å². The molecule has 8 heteroatoms. The van der Waals surface area contributed by atoms with Crippen molar-refractivity contribution in [3.05, 3.63) is 11.6 Å². The van der Waals surface area contributed by atoms with E-state index in [1.54, 1.807) is 0 Å². The fourth-order valence-corrected chi connectivity index (χ4v) is 4.66. The molecule has 0 N–H and O–H groups in total. The highest BCUT2D eigenvalue weighted by molar-refractivity contribution is 6.76. The van der Waals surface area contributed by atoms with Crippen LogP contribution in [-0.4, -0.2) is 60.8 Å². The lowest BCUT2D eigenvalue weighted by molar-refractivity contribution is -0.156. The van der Waals surface area contributed by atoms with Crippen LogP contribution in [-0.2, 0) is 28.5 Å². The number of rotatable bonds is 18. The molecule has 186 valence electrons. The molecule has 0 aromatic heterocycles. The monoisotopic (exact) mass is 486 g/mol. The summed E-state index contributed by atoms with van der Waals surface area (Å²) in [5, 5.41) is 0. The van der Waals surface area contributed by atoms with Crippen LogP contribution in [0, 0.1) is 0 Å². The van der Waals surface area contributed by atoms with Gasteiger partial charge in [-0.2, -0.15) is 0 Å². The normalized spacial score (nSPS) is 17.0. The predicted molar refractivity (Wildman–Crippen MR) is 134 cm³/mol. The Kier molecular flexibility index (Phi) is 13.9. The minimum absolute atomic E-state index is 0.0617. The van der Waals surface area contributed by atoms with E-state index in [0.29, 0.717) is 19.4 Å². The van der Waals surface area contributed by atoms with Crippen LogP contribution in [0.5, 0.6) is 0 Å². The first-order valence-electron chi connectivity index (χ1n) is 12.1. The molecule has 0 bridgehead atoms. The second-order valence-corrected chi connectivity index (χ2v) is 22.4. The summed E-state index contributed by atoms with van der Waals surface area (Å²) < 4.78 is 21.8. The summed E-state index contributed by atoms with van der Waals surface area (Å²) in [6.45, 7) is 15.5. The summed E-state index contributed by atoms with van der Waals surface area (Å²) in [6.07, 6.45) is 7.16. The first-order valence-corrected chi connectivity index (χ1v) is 19.5. The number of hydrogen-bond donors (Lipinski definition) is 0.